The van der Waals surface area contributed by atoms with Crippen molar-refractivity contribution in [3.63, 3.8) is 0 Å². The van der Waals surface area contributed by atoms with E-state index in [4.69, 9.17) is 28.4 Å². The summed E-state index contributed by atoms with van der Waals surface area (Å²) in [6.45, 7) is 1.88. The van der Waals surface area contributed by atoms with Gasteiger partial charge in [0.2, 0.25) is 0 Å². The van der Waals surface area contributed by atoms with Crippen molar-refractivity contribution in [3.05, 3.63) is 131 Å². The van der Waals surface area contributed by atoms with Crippen LogP contribution < -0.4 is 0 Å². The Morgan fingerprint density at radius 2 is 1.24 bits per heavy atom. The lowest BCUT2D eigenvalue weighted by molar-refractivity contribution is -0.369. The molecule has 0 bridgehead atoms. The molecule has 1 unspecified atom stereocenters. The van der Waals surface area contributed by atoms with Crippen LogP contribution in [0.4, 0.5) is 0 Å². The Bertz CT molecular complexity index is 1650. The van der Waals surface area contributed by atoms with Gasteiger partial charge in [-0.3, -0.25) is 0 Å². The molecule has 2 aromatic heterocycles. The third kappa shape index (κ3) is 7.23. The summed E-state index contributed by atoms with van der Waals surface area (Å²) >= 11 is 0. The van der Waals surface area contributed by atoms with Crippen molar-refractivity contribution in [1.29, 1.82) is 0 Å². The van der Waals surface area contributed by atoms with Crippen LogP contribution in [0.25, 0.3) is 0 Å². The van der Waals surface area contributed by atoms with Gasteiger partial charge in [-0.25, -0.2) is 9.36 Å². The predicted molar refractivity (Wildman–Crippen MR) is 164 cm³/mol. The van der Waals surface area contributed by atoms with Crippen molar-refractivity contribution in [2.45, 2.75) is 63.3 Å². The fourth-order valence-electron chi connectivity index (χ4n) is 5.75. The molecule has 12 heteroatoms. The highest BCUT2D eigenvalue weighted by Gasteiger charge is 2.51. The topological polar surface area (TPSA) is 117 Å². The van der Waals surface area contributed by atoms with Gasteiger partial charge in [-0.15, -0.1) is 10.2 Å². The van der Waals surface area contributed by atoms with Crippen LogP contribution in [0.1, 0.15) is 34.4 Å². The summed E-state index contributed by atoms with van der Waals surface area (Å²) in [6, 6.07) is 30.0. The molecule has 238 valence electrons. The summed E-state index contributed by atoms with van der Waals surface area (Å²) in [5.41, 5.74) is 4.52. The minimum Gasteiger partial charge on any atom is -0.366 e. The van der Waals surface area contributed by atoms with E-state index in [1.54, 1.807) is 16.5 Å². The van der Waals surface area contributed by atoms with E-state index < -0.39 is 37.0 Å². The number of nitrogens with zero attached hydrogens (tertiary/aromatic N) is 6. The highest BCUT2D eigenvalue weighted by Crippen LogP contribution is 2.37. The highest BCUT2D eigenvalue weighted by molar-refractivity contribution is 5.18. The van der Waals surface area contributed by atoms with Crippen molar-refractivity contribution in [2.24, 2.45) is 0 Å². The standard InChI is InChI=1S/C34H36N6O6/c1-41-34-32(43-22-28-20-40(38-36-28)18-25-13-7-3-8-14-25)31(30-29(45-34)23-44-33(46-30)26-15-9-4-10-16-26)42-21-27-19-39(37-35-27)17-24-11-5-2-6-12-24/h2-16,19-20,29-34H,17-18,21-23H2,1H3/t29-,30-,31+,32-,33?,34+/m1/s1. The maximum Gasteiger partial charge on any atom is 0.186 e. The molecule has 3 aromatic carbocycles. The van der Waals surface area contributed by atoms with Crippen LogP contribution in [0.2, 0.25) is 0 Å². The van der Waals surface area contributed by atoms with E-state index in [0.717, 1.165) is 16.7 Å². The Labute approximate surface area is 266 Å². The number of rotatable bonds is 12. The molecule has 2 aliphatic rings. The van der Waals surface area contributed by atoms with Gasteiger partial charge < -0.3 is 28.4 Å². The molecule has 12 nitrogen and oxygen atoms in total. The Hall–Kier alpha value is -4.30. The monoisotopic (exact) mass is 624 g/mol. The van der Waals surface area contributed by atoms with E-state index in [9.17, 15) is 0 Å². The van der Waals surface area contributed by atoms with Crippen LogP contribution in [0, 0.1) is 0 Å². The van der Waals surface area contributed by atoms with E-state index >= 15 is 0 Å². The highest BCUT2D eigenvalue weighted by atomic mass is 16.8. The Morgan fingerprint density at radius 3 is 1.80 bits per heavy atom. The second-order valence-electron chi connectivity index (χ2n) is 11.3. The van der Waals surface area contributed by atoms with Crippen molar-refractivity contribution < 1.29 is 28.4 Å². The van der Waals surface area contributed by atoms with Gasteiger partial charge in [0.1, 0.15) is 35.8 Å². The molecule has 5 aromatic rings. The first-order chi connectivity index (χ1) is 22.7. The normalized spacial score (nSPS) is 24.5. The Morgan fingerprint density at radius 1 is 0.696 bits per heavy atom. The largest absolute Gasteiger partial charge is 0.366 e. The molecule has 4 heterocycles. The van der Waals surface area contributed by atoms with Gasteiger partial charge in [-0.05, 0) is 11.1 Å². The van der Waals surface area contributed by atoms with E-state index in [1.165, 1.54) is 0 Å². The second kappa shape index (κ2) is 14.4. The molecule has 2 saturated heterocycles. The van der Waals surface area contributed by atoms with E-state index in [2.05, 4.69) is 44.9 Å². The quantitative estimate of drug-likeness (QED) is 0.202. The second-order valence-corrected chi connectivity index (χ2v) is 11.3. The van der Waals surface area contributed by atoms with Crippen LogP contribution in [-0.4, -0.2) is 74.4 Å². The van der Waals surface area contributed by atoms with Crippen LogP contribution in [0.15, 0.2) is 103 Å². The van der Waals surface area contributed by atoms with Gasteiger partial charge in [-0.2, -0.15) is 0 Å². The maximum absolute atomic E-state index is 6.58. The Balaban J connectivity index is 1.08. The number of fused-ring (bicyclic) bond motifs is 1. The molecule has 2 aliphatic heterocycles. The van der Waals surface area contributed by atoms with Crippen molar-refractivity contribution in [3.8, 4) is 0 Å². The predicted octanol–water partition coefficient (Wildman–Crippen LogP) is 3.92. The molecule has 7 rings (SSSR count). The lowest BCUT2D eigenvalue weighted by Crippen LogP contribution is -2.63. The summed E-state index contributed by atoms with van der Waals surface area (Å²) in [5, 5.41) is 17.3. The van der Waals surface area contributed by atoms with Crippen LogP contribution in [0.3, 0.4) is 0 Å². The zero-order valence-electron chi connectivity index (χ0n) is 25.4. The molecule has 0 amide bonds. The molecule has 0 saturated carbocycles. The average Bonchev–Trinajstić information content (AvgIpc) is 3.76. The summed E-state index contributed by atoms with van der Waals surface area (Å²) in [4.78, 5) is 0. The van der Waals surface area contributed by atoms with Crippen molar-refractivity contribution in [1.82, 2.24) is 30.0 Å². The molecule has 46 heavy (non-hydrogen) atoms. The average molecular weight is 625 g/mol. The van der Waals surface area contributed by atoms with E-state index in [-0.39, 0.29) is 13.2 Å². The first-order valence-electron chi connectivity index (χ1n) is 15.3. The lowest BCUT2D eigenvalue weighted by Gasteiger charge is -2.48. The molecule has 6 atom stereocenters. The maximum atomic E-state index is 6.58. The number of aromatic nitrogens is 6. The summed E-state index contributed by atoms with van der Waals surface area (Å²) < 4.78 is 41.3. The lowest BCUT2D eigenvalue weighted by atomic mass is 9.97. The fourth-order valence-corrected chi connectivity index (χ4v) is 5.75. The van der Waals surface area contributed by atoms with Crippen LogP contribution in [-0.2, 0) is 54.7 Å². The van der Waals surface area contributed by atoms with Gasteiger partial charge in [0.25, 0.3) is 0 Å². The van der Waals surface area contributed by atoms with Gasteiger partial charge in [-0.1, -0.05) is 101 Å². The summed E-state index contributed by atoms with van der Waals surface area (Å²) in [6.07, 6.45) is 0.256. The minimum atomic E-state index is -0.736. The summed E-state index contributed by atoms with van der Waals surface area (Å²) in [5.74, 6) is 0. The molecule has 0 N–H and O–H groups in total. The van der Waals surface area contributed by atoms with Gasteiger partial charge >= 0.3 is 0 Å². The SMILES string of the molecule is CO[C@H]1O[C@@H]2COC(c3ccccc3)O[C@H]2[C@H](OCc2cn(Cc3ccccc3)nn2)[C@H]1OCc1cn(Cc2ccccc2)nn1. The van der Waals surface area contributed by atoms with E-state index in [0.29, 0.717) is 31.1 Å². The molecule has 0 radical (unpaired) electrons. The Kier molecular flexibility index (Phi) is 9.52. The number of methoxy groups -OCH3 is 1. The third-order valence-electron chi connectivity index (χ3n) is 7.98. The number of hydrogen-bond acceptors (Lipinski definition) is 10. The number of hydrogen-bond donors (Lipinski definition) is 0. The van der Waals surface area contributed by atoms with Crippen molar-refractivity contribution >= 4 is 0 Å². The van der Waals surface area contributed by atoms with Crippen LogP contribution >= 0.6 is 0 Å². The van der Waals surface area contributed by atoms with Gasteiger partial charge in [0.05, 0.1) is 45.3 Å². The molecule has 0 spiro atoms. The molecule has 0 aliphatic carbocycles. The molecular formula is C34H36N6O6. The van der Waals surface area contributed by atoms with Crippen LogP contribution in [0.5, 0.6) is 0 Å². The smallest absolute Gasteiger partial charge is 0.186 e. The minimum absolute atomic E-state index is 0.172. The zero-order valence-corrected chi connectivity index (χ0v) is 25.4. The molecular weight excluding hydrogens is 588 g/mol. The first kappa shape index (κ1) is 30.4. The number of ether oxygens (including phenoxy) is 6. The zero-order chi connectivity index (χ0) is 31.1. The first-order valence-corrected chi connectivity index (χ1v) is 15.3. The molecule has 2 fully saturated rings. The fraction of sp³-hybridized carbons (Fsp3) is 0.353. The van der Waals surface area contributed by atoms with E-state index in [1.807, 2.05) is 79.1 Å². The van der Waals surface area contributed by atoms with Gasteiger partial charge in [0, 0.05) is 12.7 Å². The van der Waals surface area contributed by atoms with Gasteiger partial charge in [0.15, 0.2) is 12.6 Å². The third-order valence-corrected chi connectivity index (χ3v) is 7.98. The number of benzene rings is 3. The summed E-state index contributed by atoms with van der Waals surface area (Å²) in [7, 11) is 1.58. The van der Waals surface area contributed by atoms with Crippen molar-refractivity contribution in [2.75, 3.05) is 13.7 Å².